The second-order valence-electron chi connectivity index (χ2n) is 9.26. The van der Waals surface area contributed by atoms with Gasteiger partial charge in [0.15, 0.2) is 0 Å². The maximum absolute atomic E-state index is 2.39. The zero-order valence-electron chi connectivity index (χ0n) is 20.3. The molecule has 1 atom stereocenters. The fraction of sp³-hybridized carbons (Fsp3) is 0.152. The smallest absolute Gasteiger partial charge is 0.0629 e. The van der Waals surface area contributed by atoms with E-state index in [1.807, 2.05) is 0 Å². The van der Waals surface area contributed by atoms with Crippen molar-refractivity contribution in [2.24, 2.45) is 5.92 Å². The highest BCUT2D eigenvalue weighted by atomic mass is 28.3. The SMILES string of the molecule is CC1=C(C)C(C[Si](c2ccccc2)c2ccccc2)C(c2cccc(-c3ccccc3)c2)=C1C. The van der Waals surface area contributed by atoms with Gasteiger partial charge in [-0.15, -0.1) is 0 Å². The molecule has 1 aliphatic rings. The standard InChI is InChI=1S/C33H31Si/c1-24-25(2)32(23-34(30-18-9-5-10-19-30)31-20-11-6-12-21-31)33(26(24)3)29-17-13-16-28(22-29)27-14-7-4-8-15-27/h4-22,32H,23H2,1-3H3. The molecule has 0 saturated carbocycles. The van der Waals surface area contributed by atoms with Crippen molar-refractivity contribution in [3.8, 4) is 11.1 Å². The van der Waals surface area contributed by atoms with Gasteiger partial charge in [-0.3, -0.25) is 0 Å². The molecular formula is C33H31Si. The normalized spacial score (nSPS) is 15.9. The van der Waals surface area contributed by atoms with Gasteiger partial charge in [0.05, 0.1) is 0 Å². The summed E-state index contributed by atoms with van der Waals surface area (Å²) in [4.78, 5) is 0. The van der Waals surface area contributed by atoms with E-state index in [4.69, 9.17) is 0 Å². The van der Waals surface area contributed by atoms with Crippen LogP contribution in [0.1, 0.15) is 26.3 Å². The maximum Gasteiger partial charge on any atom is 0.122 e. The van der Waals surface area contributed by atoms with Gasteiger partial charge in [0.25, 0.3) is 0 Å². The van der Waals surface area contributed by atoms with E-state index in [2.05, 4.69) is 136 Å². The summed E-state index contributed by atoms with van der Waals surface area (Å²) in [5.74, 6) is 0.445. The average molecular weight is 456 g/mol. The lowest BCUT2D eigenvalue weighted by Crippen LogP contribution is -2.43. The Morgan fingerprint density at radius 1 is 0.529 bits per heavy atom. The second kappa shape index (κ2) is 9.83. The predicted octanol–water partition coefficient (Wildman–Crippen LogP) is 7.40. The molecule has 167 valence electrons. The van der Waals surface area contributed by atoms with Crippen LogP contribution in [0.15, 0.2) is 132 Å². The summed E-state index contributed by atoms with van der Waals surface area (Å²) in [5, 5.41) is 2.98. The highest BCUT2D eigenvalue weighted by Gasteiger charge is 2.32. The van der Waals surface area contributed by atoms with Crippen LogP contribution >= 0.6 is 0 Å². The molecule has 0 fully saturated rings. The summed E-state index contributed by atoms with van der Waals surface area (Å²) in [7, 11) is -0.931. The van der Waals surface area contributed by atoms with Crippen LogP contribution in [0, 0.1) is 5.92 Å². The molecular weight excluding hydrogens is 424 g/mol. The van der Waals surface area contributed by atoms with Crippen molar-refractivity contribution in [1.82, 2.24) is 0 Å². The Labute approximate surface area is 205 Å². The van der Waals surface area contributed by atoms with Gasteiger partial charge >= 0.3 is 0 Å². The Morgan fingerprint density at radius 2 is 1.03 bits per heavy atom. The van der Waals surface area contributed by atoms with Crippen molar-refractivity contribution in [1.29, 1.82) is 0 Å². The molecule has 0 bridgehead atoms. The molecule has 0 amide bonds. The van der Waals surface area contributed by atoms with Gasteiger partial charge in [0, 0.05) is 5.92 Å². The van der Waals surface area contributed by atoms with Crippen LogP contribution in [-0.4, -0.2) is 8.80 Å². The van der Waals surface area contributed by atoms with Crippen molar-refractivity contribution in [2.75, 3.05) is 0 Å². The van der Waals surface area contributed by atoms with Crippen molar-refractivity contribution in [3.05, 3.63) is 138 Å². The minimum absolute atomic E-state index is 0.445. The van der Waals surface area contributed by atoms with E-state index in [0.29, 0.717) is 5.92 Å². The lowest BCUT2D eigenvalue weighted by atomic mass is 9.90. The van der Waals surface area contributed by atoms with Gasteiger partial charge in [-0.05, 0) is 66.3 Å². The van der Waals surface area contributed by atoms with Crippen molar-refractivity contribution < 1.29 is 0 Å². The molecule has 34 heavy (non-hydrogen) atoms. The van der Waals surface area contributed by atoms with E-state index in [9.17, 15) is 0 Å². The number of hydrogen-bond donors (Lipinski definition) is 0. The highest BCUT2D eigenvalue weighted by Crippen LogP contribution is 2.45. The number of hydrogen-bond acceptors (Lipinski definition) is 0. The van der Waals surface area contributed by atoms with E-state index in [-0.39, 0.29) is 0 Å². The zero-order chi connectivity index (χ0) is 23.5. The molecule has 1 radical (unpaired) electrons. The molecule has 0 aromatic heterocycles. The number of allylic oxidation sites excluding steroid dienone is 4. The van der Waals surface area contributed by atoms with Crippen molar-refractivity contribution in [2.45, 2.75) is 26.8 Å². The molecule has 0 saturated heterocycles. The quantitative estimate of drug-likeness (QED) is 0.266. The summed E-state index contributed by atoms with van der Waals surface area (Å²) in [6.45, 7) is 6.98. The fourth-order valence-electron chi connectivity index (χ4n) is 5.29. The van der Waals surface area contributed by atoms with Gasteiger partial charge in [-0.2, -0.15) is 0 Å². The molecule has 0 heterocycles. The molecule has 4 aromatic carbocycles. The van der Waals surface area contributed by atoms with Gasteiger partial charge in [0.2, 0.25) is 0 Å². The lowest BCUT2D eigenvalue weighted by molar-refractivity contribution is 0.884. The number of rotatable bonds is 6. The number of benzene rings is 4. The molecule has 0 N–H and O–H groups in total. The topological polar surface area (TPSA) is 0 Å². The van der Waals surface area contributed by atoms with Crippen molar-refractivity contribution in [3.63, 3.8) is 0 Å². The molecule has 0 spiro atoms. The largest absolute Gasteiger partial charge is 0.122 e. The third-order valence-electron chi connectivity index (χ3n) is 7.36. The van der Waals surface area contributed by atoms with E-state index in [0.717, 1.165) is 0 Å². The predicted molar refractivity (Wildman–Crippen MR) is 149 cm³/mol. The fourth-order valence-corrected chi connectivity index (χ4v) is 8.20. The third-order valence-corrected chi connectivity index (χ3v) is 10.2. The van der Waals surface area contributed by atoms with E-state index in [1.165, 1.54) is 55.4 Å². The van der Waals surface area contributed by atoms with Crippen LogP contribution < -0.4 is 10.4 Å². The van der Waals surface area contributed by atoms with Crippen molar-refractivity contribution >= 4 is 24.7 Å². The minimum atomic E-state index is -0.931. The van der Waals surface area contributed by atoms with E-state index < -0.39 is 8.80 Å². The Balaban J connectivity index is 1.57. The minimum Gasteiger partial charge on any atom is -0.0629 e. The highest BCUT2D eigenvalue weighted by molar-refractivity contribution is 6.85. The first-order chi connectivity index (χ1) is 16.6. The van der Waals surface area contributed by atoms with Gasteiger partial charge in [-0.25, -0.2) is 0 Å². The van der Waals surface area contributed by atoms with Crippen LogP contribution in [0.5, 0.6) is 0 Å². The van der Waals surface area contributed by atoms with Crippen LogP contribution in [0.3, 0.4) is 0 Å². The Morgan fingerprint density at radius 3 is 1.62 bits per heavy atom. The molecule has 1 aliphatic carbocycles. The summed E-state index contributed by atoms with van der Waals surface area (Å²) in [6.07, 6.45) is 0. The Kier molecular flexibility index (Phi) is 6.47. The summed E-state index contributed by atoms with van der Waals surface area (Å²) < 4.78 is 0. The summed E-state index contributed by atoms with van der Waals surface area (Å²) in [5.41, 5.74) is 9.90. The first-order valence-electron chi connectivity index (χ1n) is 12.1. The van der Waals surface area contributed by atoms with Crippen LogP contribution in [0.2, 0.25) is 6.04 Å². The van der Waals surface area contributed by atoms with Gasteiger partial charge in [-0.1, -0.05) is 125 Å². The second-order valence-corrected chi connectivity index (χ2v) is 11.8. The molecule has 1 heteroatoms. The Hall–Kier alpha value is -3.42. The van der Waals surface area contributed by atoms with Crippen LogP contribution in [0.25, 0.3) is 16.7 Å². The molecule has 5 rings (SSSR count). The molecule has 0 nitrogen and oxygen atoms in total. The van der Waals surface area contributed by atoms with Gasteiger partial charge in [0.1, 0.15) is 8.80 Å². The third kappa shape index (κ3) is 4.36. The molecule has 0 aliphatic heterocycles. The maximum atomic E-state index is 2.39. The average Bonchev–Trinajstić information content (AvgIpc) is 3.12. The summed E-state index contributed by atoms with van der Waals surface area (Å²) in [6, 6.07) is 43.4. The summed E-state index contributed by atoms with van der Waals surface area (Å²) >= 11 is 0. The lowest BCUT2D eigenvalue weighted by Gasteiger charge is -2.25. The van der Waals surface area contributed by atoms with Gasteiger partial charge < -0.3 is 0 Å². The Bertz CT molecular complexity index is 1290. The monoisotopic (exact) mass is 455 g/mol. The molecule has 1 unspecified atom stereocenters. The van der Waals surface area contributed by atoms with Crippen LogP contribution in [0.4, 0.5) is 0 Å². The zero-order valence-corrected chi connectivity index (χ0v) is 21.3. The van der Waals surface area contributed by atoms with E-state index >= 15 is 0 Å². The first-order valence-corrected chi connectivity index (χ1v) is 13.8. The molecule has 4 aromatic rings. The first kappa shape index (κ1) is 22.4. The van der Waals surface area contributed by atoms with Crippen LogP contribution in [-0.2, 0) is 0 Å². The van der Waals surface area contributed by atoms with E-state index in [1.54, 1.807) is 0 Å².